The molecule has 0 saturated carbocycles. The maximum atomic E-state index is 4.11. The molecule has 3 nitrogen and oxygen atoms in total. The molecule has 0 bridgehead atoms. The van der Waals surface area contributed by atoms with Crippen molar-refractivity contribution in [1.82, 2.24) is 15.3 Å². The molecule has 1 atom stereocenters. The van der Waals surface area contributed by atoms with E-state index >= 15 is 0 Å². The lowest BCUT2D eigenvalue weighted by molar-refractivity contribution is 0.663. The highest BCUT2D eigenvalue weighted by Crippen LogP contribution is 2.02. The largest absolute Gasteiger partial charge is 0.348 e. The van der Waals surface area contributed by atoms with Crippen molar-refractivity contribution in [2.75, 3.05) is 12.8 Å². The quantitative estimate of drug-likeness (QED) is 0.725. The third-order valence-electron chi connectivity index (χ3n) is 1.68. The number of rotatable bonds is 5. The Hall–Kier alpha value is -0.480. The molecule has 0 aliphatic carbocycles. The minimum Gasteiger partial charge on any atom is -0.348 e. The van der Waals surface area contributed by atoms with E-state index in [1.54, 1.807) is 6.20 Å². The van der Waals surface area contributed by atoms with Gasteiger partial charge in [-0.1, -0.05) is 6.92 Å². The molecule has 0 radical (unpaired) electrons. The Kier molecular flexibility index (Phi) is 4.18. The third-order valence-corrected chi connectivity index (χ3v) is 2.65. The van der Waals surface area contributed by atoms with Crippen LogP contribution < -0.4 is 5.32 Å². The first-order chi connectivity index (χ1) is 5.83. The van der Waals surface area contributed by atoms with Crippen LogP contribution in [0.5, 0.6) is 0 Å². The fourth-order valence-corrected chi connectivity index (χ4v) is 1.16. The van der Waals surface area contributed by atoms with Crippen molar-refractivity contribution in [2.24, 2.45) is 0 Å². The Bertz CT molecular complexity index is 198. The minimum absolute atomic E-state index is 0.667. The molecule has 2 N–H and O–H groups in total. The van der Waals surface area contributed by atoms with Gasteiger partial charge in [0, 0.05) is 24.2 Å². The predicted molar refractivity (Wildman–Crippen MR) is 53.3 cm³/mol. The highest BCUT2D eigenvalue weighted by Gasteiger charge is 1.98. The van der Waals surface area contributed by atoms with Crippen LogP contribution in [-0.2, 0) is 6.54 Å². The highest BCUT2D eigenvalue weighted by molar-refractivity contribution is 7.99. The van der Waals surface area contributed by atoms with Gasteiger partial charge >= 0.3 is 0 Å². The predicted octanol–water partition coefficient (Wildman–Crippen LogP) is 1.25. The van der Waals surface area contributed by atoms with Crippen LogP contribution in [0.3, 0.4) is 0 Å². The first-order valence-corrected chi connectivity index (χ1v) is 5.33. The number of nitrogens with one attached hydrogen (secondary N) is 2. The monoisotopic (exact) mass is 185 g/mol. The molecule has 1 aromatic rings. The van der Waals surface area contributed by atoms with Crippen molar-refractivity contribution in [3.05, 3.63) is 18.2 Å². The van der Waals surface area contributed by atoms with Crippen molar-refractivity contribution in [3.8, 4) is 0 Å². The summed E-state index contributed by atoms with van der Waals surface area (Å²) >= 11 is 1.87. The summed E-state index contributed by atoms with van der Waals surface area (Å²) in [4.78, 5) is 7.16. The van der Waals surface area contributed by atoms with Crippen molar-refractivity contribution >= 4 is 11.8 Å². The van der Waals surface area contributed by atoms with Gasteiger partial charge in [0.15, 0.2) is 0 Å². The van der Waals surface area contributed by atoms with Gasteiger partial charge in [0.2, 0.25) is 0 Å². The molecule has 0 aliphatic heterocycles. The van der Waals surface area contributed by atoms with Crippen LogP contribution in [0.1, 0.15) is 12.7 Å². The second-order valence-corrected chi connectivity index (χ2v) is 3.99. The smallest absolute Gasteiger partial charge is 0.120 e. The van der Waals surface area contributed by atoms with E-state index in [9.17, 15) is 0 Å². The van der Waals surface area contributed by atoms with E-state index in [0.717, 1.165) is 18.9 Å². The fourth-order valence-electron chi connectivity index (χ4n) is 0.872. The average Bonchev–Trinajstić information content (AvgIpc) is 2.57. The van der Waals surface area contributed by atoms with Crippen molar-refractivity contribution < 1.29 is 0 Å². The topological polar surface area (TPSA) is 40.7 Å². The van der Waals surface area contributed by atoms with Crippen molar-refractivity contribution in [2.45, 2.75) is 18.7 Å². The van der Waals surface area contributed by atoms with Gasteiger partial charge in [-0.2, -0.15) is 11.8 Å². The van der Waals surface area contributed by atoms with Gasteiger partial charge in [0.1, 0.15) is 5.82 Å². The number of thioether (sulfide) groups is 1. The van der Waals surface area contributed by atoms with Gasteiger partial charge in [-0.3, -0.25) is 0 Å². The van der Waals surface area contributed by atoms with E-state index in [0.29, 0.717) is 5.25 Å². The SMILES string of the molecule is CSC(C)CNCc1ncc[nH]1. The van der Waals surface area contributed by atoms with E-state index in [4.69, 9.17) is 0 Å². The van der Waals surface area contributed by atoms with Gasteiger partial charge in [-0.05, 0) is 6.26 Å². The van der Waals surface area contributed by atoms with Crippen LogP contribution in [-0.4, -0.2) is 28.0 Å². The number of hydrogen-bond acceptors (Lipinski definition) is 3. The van der Waals surface area contributed by atoms with Crippen LogP contribution in [0.4, 0.5) is 0 Å². The molecule has 0 aromatic carbocycles. The van der Waals surface area contributed by atoms with E-state index in [2.05, 4.69) is 28.5 Å². The molecule has 1 rings (SSSR count). The van der Waals surface area contributed by atoms with Crippen molar-refractivity contribution in [3.63, 3.8) is 0 Å². The summed E-state index contributed by atoms with van der Waals surface area (Å²) in [5, 5.41) is 3.99. The summed E-state index contributed by atoms with van der Waals surface area (Å²) < 4.78 is 0. The standard InChI is InChI=1S/C8H15N3S/c1-7(12-2)5-9-6-8-10-3-4-11-8/h3-4,7,9H,5-6H2,1-2H3,(H,10,11). The first-order valence-electron chi connectivity index (χ1n) is 4.04. The van der Waals surface area contributed by atoms with E-state index in [-0.39, 0.29) is 0 Å². The van der Waals surface area contributed by atoms with E-state index in [1.165, 1.54) is 0 Å². The summed E-state index contributed by atoms with van der Waals surface area (Å²) in [5.74, 6) is 1.00. The number of nitrogens with zero attached hydrogens (tertiary/aromatic N) is 1. The number of H-pyrrole nitrogens is 1. The molecular weight excluding hydrogens is 170 g/mol. The minimum atomic E-state index is 0.667. The maximum absolute atomic E-state index is 4.11. The van der Waals surface area contributed by atoms with Crippen LogP contribution in [0.2, 0.25) is 0 Å². The zero-order valence-electron chi connectivity index (χ0n) is 7.50. The molecule has 4 heteroatoms. The molecule has 0 amide bonds. The Morgan fingerprint density at radius 2 is 2.58 bits per heavy atom. The Labute approximate surface area is 77.4 Å². The van der Waals surface area contributed by atoms with Gasteiger partial charge in [-0.25, -0.2) is 4.98 Å². The van der Waals surface area contributed by atoms with Gasteiger partial charge in [0.25, 0.3) is 0 Å². The van der Waals surface area contributed by atoms with Crippen LogP contribution >= 0.6 is 11.8 Å². The molecule has 0 fully saturated rings. The summed E-state index contributed by atoms with van der Waals surface area (Å²) in [6.07, 6.45) is 5.74. The summed E-state index contributed by atoms with van der Waals surface area (Å²) in [6, 6.07) is 0. The lowest BCUT2D eigenvalue weighted by atomic mass is 10.4. The number of imidazole rings is 1. The lowest BCUT2D eigenvalue weighted by Gasteiger charge is -2.07. The lowest BCUT2D eigenvalue weighted by Crippen LogP contribution is -2.22. The van der Waals surface area contributed by atoms with Gasteiger partial charge in [-0.15, -0.1) is 0 Å². The van der Waals surface area contributed by atoms with Crippen LogP contribution in [0, 0.1) is 0 Å². The van der Waals surface area contributed by atoms with Crippen LogP contribution in [0.25, 0.3) is 0 Å². The molecule has 0 spiro atoms. The molecule has 1 unspecified atom stereocenters. The second kappa shape index (κ2) is 5.22. The zero-order chi connectivity index (χ0) is 8.81. The first kappa shape index (κ1) is 9.61. The highest BCUT2D eigenvalue weighted by atomic mass is 32.2. The number of aromatic nitrogens is 2. The molecule has 1 aromatic heterocycles. The molecule has 0 saturated heterocycles. The molecule has 1 heterocycles. The maximum Gasteiger partial charge on any atom is 0.120 e. The Balaban J connectivity index is 2.11. The van der Waals surface area contributed by atoms with Gasteiger partial charge in [0.05, 0.1) is 6.54 Å². The second-order valence-electron chi connectivity index (χ2n) is 2.71. The van der Waals surface area contributed by atoms with Crippen LogP contribution in [0.15, 0.2) is 12.4 Å². The summed E-state index contributed by atoms with van der Waals surface area (Å²) in [5.41, 5.74) is 0. The number of aromatic amines is 1. The molecule has 0 aliphatic rings. The van der Waals surface area contributed by atoms with Gasteiger partial charge < -0.3 is 10.3 Å². The molecule has 12 heavy (non-hydrogen) atoms. The third kappa shape index (κ3) is 3.28. The zero-order valence-corrected chi connectivity index (χ0v) is 8.32. The molecule has 68 valence electrons. The van der Waals surface area contributed by atoms with Crippen molar-refractivity contribution in [1.29, 1.82) is 0 Å². The average molecular weight is 185 g/mol. The van der Waals surface area contributed by atoms with E-state index < -0.39 is 0 Å². The Morgan fingerprint density at radius 1 is 1.75 bits per heavy atom. The normalized spacial score (nSPS) is 13.2. The Morgan fingerprint density at radius 3 is 3.17 bits per heavy atom. The molecular formula is C8H15N3S. The summed E-state index contributed by atoms with van der Waals surface area (Å²) in [7, 11) is 0. The number of hydrogen-bond donors (Lipinski definition) is 2. The fraction of sp³-hybridized carbons (Fsp3) is 0.625. The van der Waals surface area contributed by atoms with E-state index in [1.807, 2.05) is 18.0 Å². The summed E-state index contributed by atoms with van der Waals surface area (Å²) in [6.45, 7) is 4.07.